The Labute approximate surface area is 177 Å². The van der Waals surface area contributed by atoms with Crippen LogP contribution >= 0.6 is 0 Å². The Morgan fingerprint density at radius 3 is 2.73 bits per heavy atom. The van der Waals surface area contributed by atoms with E-state index in [0.717, 1.165) is 79.5 Å². The Morgan fingerprint density at radius 1 is 1.13 bits per heavy atom. The summed E-state index contributed by atoms with van der Waals surface area (Å²) in [6.07, 6.45) is 5.50. The van der Waals surface area contributed by atoms with Gasteiger partial charge in [0.25, 0.3) is 0 Å². The van der Waals surface area contributed by atoms with Gasteiger partial charge in [-0.3, -0.25) is 4.79 Å². The summed E-state index contributed by atoms with van der Waals surface area (Å²) in [6.45, 7) is 5.81. The van der Waals surface area contributed by atoms with E-state index in [1.165, 1.54) is 0 Å². The molecule has 1 amide bonds. The third kappa shape index (κ3) is 4.26. The summed E-state index contributed by atoms with van der Waals surface area (Å²) in [5.74, 6) is 1.82. The lowest BCUT2D eigenvalue weighted by molar-refractivity contribution is -0.135. The molecule has 2 aromatic heterocycles. The van der Waals surface area contributed by atoms with Crippen molar-refractivity contribution in [1.29, 1.82) is 0 Å². The normalized spacial score (nSPS) is 14.6. The molecule has 1 fully saturated rings. The highest BCUT2D eigenvalue weighted by Crippen LogP contribution is 2.29. The number of rotatable bonds is 8. The van der Waals surface area contributed by atoms with Crippen LogP contribution in [0.3, 0.4) is 0 Å². The summed E-state index contributed by atoms with van der Waals surface area (Å²) >= 11 is 0. The number of aryl methyl sites for hydroxylation is 2. The van der Waals surface area contributed by atoms with Crippen LogP contribution in [-0.2, 0) is 22.5 Å². The molecule has 1 aliphatic heterocycles. The molecule has 0 atom stereocenters. The van der Waals surface area contributed by atoms with E-state index < -0.39 is 0 Å². The van der Waals surface area contributed by atoms with Gasteiger partial charge >= 0.3 is 0 Å². The molecular formula is C23H31N5O2. The van der Waals surface area contributed by atoms with Crippen molar-refractivity contribution >= 4 is 33.7 Å². The van der Waals surface area contributed by atoms with Gasteiger partial charge in [-0.2, -0.15) is 0 Å². The Morgan fingerprint density at radius 2 is 1.93 bits per heavy atom. The van der Waals surface area contributed by atoms with Crippen LogP contribution in [-0.4, -0.2) is 51.6 Å². The number of nitrogens with zero attached hydrogens (tertiary/aromatic N) is 4. The number of hydrogen-bond acceptors (Lipinski definition) is 5. The van der Waals surface area contributed by atoms with Crippen molar-refractivity contribution in [3.8, 4) is 0 Å². The van der Waals surface area contributed by atoms with Crippen molar-refractivity contribution in [2.45, 2.75) is 52.0 Å². The number of hydrogen-bond donors (Lipinski definition) is 1. The maximum Gasteiger partial charge on any atom is 0.222 e. The second-order valence-corrected chi connectivity index (χ2v) is 7.94. The number of para-hydroxylation sites is 1. The van der Waals surface area contributed by atoms with Crippen LogP contribution in [0, 0.1) is 0 Å². The number of pyridine rings is 1. The van der Waals surface area contributed by atoms with Crippen LogP contribution in [0.2, 0.25) is 0 Å². The number of imidazole rings is 1. The first-order valence-electron chi connectivity index (χ1n) is 11.1. The number of nitrogens with two attached hydrogens (primary N) is 1. The molecular weight excluding hydrogens is 378 g/mol. The largest absolute Gasteiger partial charge is 0.382 e. The molecule has 0 radical (unpaired) electrons. The van der Waals surface area contributed by atoms with Gasteiger partial charge in [0.15, 0.2) is 5.82 Å². The number of nitrogen functional groups attached to an aromatic ring is 1. The first kappa shape index (κ1) is 20.6. The number of aromatic nitrogens is 3. The van der Waals surface area contributed by atoms with Crippen molar-refractivity contribution in [3.63, 3.8) is 0 Å². The average Bonchev–Trinajstić information content (AvgIpc) is 3.13. The second kappa shape index (κ2) is 9.43. The highest BCUT2D eigenvalue weighted by molar-refractivity contribution is 6.06. The zero-order valence-electron chi connectivity index (χ0n) is 17.8. The minimum atomic E-state index is 0.253. The summed E-state index contributed by atoms with van der Waals surface area (Å²) < 4.78 is 7.65. The number of ether oxygens (including phenoxy) is 1. The van der Waals surface area contributed by atoms with Gasteiger partial charge < -0.3 is 19.9 Å². The van der Waals surface area contributed by atoms with Crippen LogP contribution in [0.4, 0.5) is 5.82 Å². The number of benzene rings is 1. The number of anilines is 1. The van der Waals surface area contributed by atoms with Gasteiger partial charge in [0.05, 0.1) is 24.2 Å². The molecule has 0 bridgehead atoms. The summed E-state index contributed by atoms with van der Waals surface area (Å²) in [6, 6.07) is 8.12. The number of amides is 1. The van der Waals surface area contributed by atoms with E-state index >= 15 is 0 Å². The van der Waals surface area contributed by atoms with Crippen molar-refractivity contribution in [3.05, 3.63) is 30.1 Å². The lowest BCUT2D eigenvalue weighted by atomic mass is 10.1. The predicted octanol–water partition coefficient (Wildman–Crippen LogP) is 3.54. The number of carbonyl (C=O) groups is 1. The van der Waals surface area contributed by atoms with Crippen molar-refractivity contribution < 1.29 is 9.53 Å². The molecule has 1 saturated heterocycles. The van der Waals surface area contributed by atoms with E-state index in [1.807, 2.05) is 23.1 Å². The molecule has 4 rings (SSSR count). The van der Waals surface area contributed by atoms with E-state index in [2.05, 4.69) is 22.5 Å². The minimum Gasteiger partial charge on any atom is -0.382 e. The molecule has 1 aromatic carbocycles. The Balaban J connectivity index is 1.46. The standard InChI is InChI=1S/C23H31N5O2/c1-2-8-19-26-21-22(17-9-5-6-10-18(17)25-23(21)24)28(19)12-7-3-4-11-20(29)27-13-15-30-16-14-27/h5-6,9-10H,2-4,7-8,11-16H2,1H3,(H2,24,25). The summed E-state index contributed by atoms with van der Waals surface area (Å²) in [7, 11) is 0. The van der Waals surface area contributed by atoms with Gasteiger partial charge in [-0.1, -0.05) is 31.5 Å². The SMILES string of the molecule is CCCc1nc2c(N)nc3ccccc3c2n1CCCCCC(=O)N1CCOCC1. The molecule has 0 aliphatic carbocycles. The number of unbranched alkanes of at least 4 members (excludes halogenated alkanes) is 2. The average molecular weight is 410 g/mol. The highest BCUT2D eigenvalue weighted by atomic mass is 16.5. The van der Waals surface area contributed by atoms with Crippen LogP contribution in [0.15, 0.2) is 24.3 Å². The molecule has 0 unspecified atom stereocenters. The molecule has 30 heavy (non-hydrogen) atoms. The highest BCUT2D eigenvalue weighted by Gasteiger charge is 2.18. The van der Waals surface area contributed by atoms with E-state index in [1.54, 1.807) is 0 Å². The summed E-state index contributed by atoms with van der Waals surface area (Å²) in [5.41, 5.74) is 9.04. The minimum absolute atomic E-state index is 0.253. The molecule has 2 N–H and O–H groups in total. The third-order valence-electron chi connectivity index (χ3n) is 5.80. The van der Waals surface area contributed by atoms with E-state index in [-0.39, 0.29) is 5.91 Å². The Hall–Kier alpha value is -2.67. The number of carbonyl (C=O) groups excluding carboxylic acids is 1. The molecule has 0 spiro atoms. The lowest BCUT2D eigenvalue weighted by Crippen LogP contribution is -2.40. The first-order chi connectivity index (χ1) is 14.7. The van der Waals surface area contributed by atoms with E-state index in [0.29, 0.717) is 25.5 Å². The van der Waals surface area contributed by atoms with Gasteiger partial charge in [-0.25, -0.2) is 9.97 Å². The van der Waals surface area contributed by atoms with Gasteiger partial charge in [0, 0.05) is 37.9 Å². The van der Waals surface area contributed by atoms with E-state index in [9.17, 15) is 4.79 Å². The topological polar surface area (TPSA) is 86.3 Å². The molecule has 160 valence electrons. The smallest absolute Gasteiger partial charge is 0.222 e. The van der Waals surface area contributed by atoms with Crippen LogP contribution in [0.5, 0.6) is 0 Å². The van der Waals surface area contributed by atoms with Crippen molar-refractivity contribution in [1.82, 2.24) is 19.4 Å². The fourth-order valence-electron chi connectivity index (χ4n) is 4.25. The molecule has 3 aromatic rings. The zero-order chi connectivity index (χ0) is 20.9. The molecule has 0 saturated carbocycles. The van der Waals surface area contributed by atoms with Crippen LogP contribution < -0.4 is 5.73 Å². The first-order valence-corrected chi connectivity index (χ1v) is 11.1. The summed E-state index contributed by atoms with van der Waals surface area (Å²) in [5, 5.41) is 1.10. The van der Waals surface area contributed by atoms with Crippen LogP contribution in [0.1, 0.15) is 44.9 Å². The second-order valence-electron chi connectivity index (χ2n) is 7.94. The van der Waals surface area contributed by atoms with E-state index in [4.69, 9.17) is 15.5 Å². The molecule has 1 aliphatic rings. The number of fused-ring (bicyclic) bond motifs is 3. The quantitative estimate of drug-likeness (QED) is 0.575. The molecule has 3 heterocycles. The van der Waals surface area contributed by atoms with Gasteiger partial charge in [-0.15, -0.1) is 0 Å². The zero-order valence-corrected chi connectivity index (χ0v) is 17.8. The lowest BCUT2D eigenvalue weighted by Gasteiger charge is -2.26. The van der Waals surface area contributed by atoms with Crippen LogP contribution in [0.25, 0.3) is 21.9 Å². The fraction of sp³-hybridized carbons (Fsp3) is 0.522. The summed E-state index contributed by atoms with van der Waals surface area (Å²) in [4.78, 5) is 23.6. The maximum atomic E-state index is 12.3. The van der Waals surface area contributed by atoms with Gasteiger partial charge in [0.2, 0.25) is 5.91 Å². The molecule has 7 nitrogen and oxygen atoms in total. The van der Waals surface area contributed by atoms with Gasteiger partial charge in [0.1, 0.15) is 11.3 Å². The maximum absolute atomic E-state index is 12.3. The Bertz CT molecular complexity index is 1020. The number of morpholine rings is 1. The fourth-order valence-corrected chi connectivity index (χ4v) is 4.25. The van der Waals surface area contributed by atoms with Crippen molar-refractivity contribution in [2.75, 3.05) is 32.0 Å². The van der Waals surface area contributed by atoms with Gasteiger partial charge in [-0.05, 0) is 25.3 Å². The third-order valence-corrected chi connectivity index (χ3v) is 5.80. The monoisotopic (exact) mass is 409 g/mol. The molecule has 7 heteroatoms. The van der Waals surface area contributed by atoms with Crippen molar-refractivity contribution in [2.24, 2.45) is 0 Å². The predicted molar refractivity (Wildman–Crippen MR) is 119 cm³/mol. The Kier molecular flexibility index (Phi) is 6.47.